The van der Waals surface area contributed by atoms with Gasteiger partial charge in [-0.3, -0.25) is 14.4 Å². The van der Waals surface area contributed by atoms with Gasteiger partial charge in [0.1, 0.15) is 23.0 Å². The Labute approximate surface area is 276 Å². The monoisotopic (exact) mass is 636 g/mol. The molecule has 0 amide bonds. The number of phenols is 2. The lowest BCUT2D eigenvalue weighted by molar-refractivity contribution is -0.135. The van der Waals surface area contributed by atoms with E-state index in [2.05, 4.69) is 13.8 Å². The van der Waals surface area contributed by atoms with E-state index in [4.69, 9.17) is 9.47 Å². The van der Waals surface area contributed by atoms with Crippen molar-refractivity contribution in [3.05, 3.63) is 53.6 Å². The predicted molar refractivity (Wildman–Crippen MR) is 185 cm³/mol. The third kappa shape index (κ3) is 16.6. The SMILES string of the molecule is CCCCCCCCCCCC(=O)Oc1ccc(C=CC(=O)c2ccc(O)cc2O)c(OC(=O)CCCCCCCCCCC)c1. The largest absolute Gasteiger partial charge is 0.508 e. The fourth-order valence-corrected chi connectivity index (χ4v) is 5.30. The van der Waals surface area contributed by atoms with E-state index in [1.54, 1.807) is 12.1 Å². The zero-order chi connectivity index (χ0) is 33.4. The van der Waals surface area contributed by atoms with Crippen LogP contribution in [-0.4, -0.2) is 27.9 Å². The Hall–Kier alpha value is -3.61. The third-order valence-electron chi connectivity index (χ3n) is 8.07. The van der Waals surface area contributed by atoms with E-state index in [1.807, 2.05) is 0 Å². The van der Waals surface area contributed by atoms with E-state index in [9.17, 15) is 24.6 Å². The molecule has 0 aliphatic heterocycles. The van der Waals surface area contributed by atoms with Crippen molar-refractivity contribution in [1.82, 2.24) is 0 Å². The molecule has 0 spiro atoms. The molecule has 0 heterocycles. The first kappa shape index (κ1) is 38.6. The molecule has 0 unspecified atom stereocenters. The first-order valence-electron chi connectivity index (χ1n) is 17.6. The van der Waals surface area contributed by atoms with Crippen LogP contribution in [0.15, 0.2) is 42.5 Å². The molecule has 0 bridgehead atoms. The summed E-state index contributed by atoms with van der Waals surface area (Å²) in [6.07, 6.45) is 24.0. The van der Waals surface area contributed by atoms with Crippen molar-refractivity contribution in [3.63, 3.8) is 0 Å². The first-order chi connectivity index (χ1) is 22.3. The highest BCUT2D eigenvalue weighted by Crippen LogP contribution is 2.29. The number of ketones is 1. The average molecular weight is 637 g/mol. The summed E-state index contributed by atoms with van der Waals surface area (Å²) in [5.41, 5.74) is 0.478. The number of unbranched alkanes of at least 4 members (excludes halogenated alkanes) is 16. The maximum atomic E-state index is 12.8. The van der Waals surface area contributed by atoms with Gasteiger partial charge in [-0.1, -0.05) is 117 Å². The van der Waals surface area contributed by atoms with Crippen LogP contribution in [0.3, 0.4) is 0 Å². The Morgan fingerprint density at radius 3 is 1.63 bits per heavy atom. The third-order valence-corrected chi connectivity index (χ3v) is 8.07. The van der Waals surface area contributed by atoms with Crippen LogP contribution in [0, 0.1) is 0 Å². The van der Waals surface area contributed by atoms with Crippen molar-refractivity contribution in [2.24, 2.45) is 0 Å². The van der Waals surface area contributed by atoms with Gasteiger partial charge >= 0.3 is 11.9 Å². The molecule has 2 rings (SSSR count). The van der Waals surface area contributed by atoms with Crippen molar-refractivity contribution in [2.75, 3.05) is 0 Å². The van der Waals surface area contributed by atoms with E-state index in [1.165, 1.54) is 107 Å². The minimum Gasteiger partial charge on any atom is -0.508 e. The number of carbonyl (C=O) groups is 3. The molecule has 0 aliphatic rings. The topological polar surface area (TPSA) is 110 Å². The Bertz CT molecular complexity index is 1220. The maximum absolute atomic E-state index is 12.8. The smallest absolute Gasteiger partial charge is 0.311 e. The van der Waals surface area contributed by atoms with E-state index < -0.39 is 11.8 Å². The minimum atomic E-state index is -0.485. The van der Waals surface area contributed by atoms with Gasteiger partial charge in [-0.25, -0.2) is 0 Å². The van der Waals surface area contributed by atoms with Gasteiger partial charge in [0, 0.05) is 30.5 Å². The van der Waals surface area contributed by atoms with Crippen molar-refractivity contribution < 1.29 is 34.1 Å². The van der Waals surface area contributed by atoms with Gasteiger partial charge in [0.05, 0.1) is 5.56 Å². The molecule has 0 atom stereocenters. The number of phenolic OH excluding ortho intramolecular Hbond substituents is 2. The standard InChI is InChI=1S/C39H56O7/c1-3-5-7-9-11-13-15-17-19-21-38(43)45-33-26-23-31(24-28-35(41)34-27-25-32(40)29-36(34)42)37(30-33)46-39(44)22-20-18-16-14-12-10-8-6-4-2/h23-30,40,42H,3-22H2,1-2H3. The molecule has 0 aromatic heterocycles. The van der Waals surface area contributed by atoms with Gasteiger partial charge < -0.3 is 19.7 Å². The van der Waals surface area contributed by atoms with Crippen LogP contribution in [-0.2, 0) is 9.59 Å². The van der Waals surface area contributed by atoms with Crippen molar-refractivity contribution in [1.29, 1.82) is 0 Å². The van der Waals surface area contributed by atoms with Gasteiger partial charge in [0.2, 0.25) is 0 Å². The van der Waals surface area contributed by atoms with Gasteiger partial charge in [-0.2, -0.15) is 0 Å². The lowest BCUT2D eigenvalue weighted by atomic mass is 10.1. The molecule has 2 aromatic rings. The fourth-order valence-electron chi connectivity index (χ4n) is 5.30. The lowest BCUT2D eigenvalue weighted by Gasteiger charge is -2.11. The Balaban J connectivity index is 1.95. The van der Waals surface area contributed by atoms with Crippen molar-refractivity contribution in [2.45, 2.75) is 142 Å². The van der Waals surface area contributed by atoms with Crippen LogP contribution >= 0.6 is 0 Å². The summed E-state index contributed by atoms with van der Waals surface area (Å²) in [5.74, 6) is -1.24. The summed E-state index contributed by atoms with van der Waals surface area (Å²) in [6, 6.07) is 8.48. The molecule has 2 aromatic carbocycles. The summed E-state index contributed by atoms with van der Waals surface area (Å²) in [4.78, 5) is 38.0. The van der Waals surface area contributed by atoms with Gasteiger partial charge in [-0.15, -0.1) is 0 Å². The van der Waals surface area contributed by atoms with Crippen LogP contribution in [0.25, 0.3) is 6.08 Å². The highest BCUT2D eigenvalue weighted by atomic mass is 16.5. The zero-order valence-electron chi connectivity index (χ0n) is 28.2. The van der Waals surface area contributed by atoms with Crippen molar-refractivity contribution >= 4 is 23.8 Å². The zero-order valence-corrected chi connectivity index (χ0v) is 28.2. The number of esters is 2. The quantitative estimate of drug-likeness (QED) is 0.0367. The summed E-state index contributed by atoms with van der Waals surface area (Å²) in [7, 11) is 0. The predicted octanol–water partition coefficient (Wildman–Crippen LogP) is 10.6. The molecular weight excluding hydrogens is 580 g/mol. The average Bonchev–Trinajstić information content (AvgIpc) is 3.02. The summed E-state index contributed by atoms with van der Waals surface area (Å²) in [6.45, 7) is 4.43. The van der Waals surface area contributed by atoms with E-state index in [-0.39, 0.29) is 41.0 Å². The Kier molecular flexibility index (Phi) is 19.9. The first-order valence-corrected chi connectivity index (χ1v) is 17.6. The van der Waals surface area contributed by atoms with Crippen LogP contribution in [0.5, 0.6) is 23.0 Å². The van der Waals surface area contributed by atoms with Gasteiger partial charge in [-0.05, 0) is 49.3 Å². The molecule has 0 saturated heterocycles. The fraction of sp³-hybridized carbons (Fsp3) is 0.564. The van der Waals surface area contributed by atoms with E-state index in [0.29, 0.717) is 12.0 Å². The van der Waals surface area contributed by atoms with E-state index in [0.717, 1.165) is 44.6 Å². The minimum absolute atomic E-state index is 0.0278. The maximum Gasteiger partial charge on any atom is 0.311 e. The summed E-state index contributed by atoms with van der Waals surface area (Å²) in [5, 5.41) is 19.6. The molecule has 46 heavy (non-hydrogen) atoms. The summed E-state index contributed by atoms with van der Waals surface area (Å²) >= 11 is 0. The highest BCUT2D eigenvalue weighted by molar-refractivity contribution is 6.08. The highest BCUT2D eigenvalue weighted by Gasteiger charge is 2.14. The molecule has 7 heteroatoms. The van der Waals surface area contributed by atoms with Crippen LogP contribution < -0.4 is 9.47 Å². The number of hydrogen-bond acceptors (Lipinski definition) is 7. The molecule has 2 N–H and O–H groups in total. The van der Waals surface area contributed by atoms with Crippen LogP contribution in [0.1, 0.15) is 158 Å². The second kappa shape index (κ2) is 23.7. The van der Waals surface area contributed by atoms with Gasteiger partial charge in [0.25, 0.3) is 0 Å². The number of rotatable bonds is 25. The number of benzene rings is 2. The number of aromatic hydroxyl groups is 2. The molecule has 0 fully saturated rings. The molecule has 0 saturated carbocycles. The van der Waals surface area contributed by atoms with Crippen LogP contribution in [0.4, 0.5) is 0 Å². The Morgan fingerprint density at radius 1 is 0.609 bits per heavy atom. The molecule has 0 radical (unpaired) electrons. The molecule has 254 valence electrons. The number of allylic oxidation sites excluding steroid dienone is 1. The lowest BCUT2D eigenvalue weighted by Crippen LogP contribution is -2.10. The molecule has 7 nitrogen and oxygen atoms in total. The van der Waals surface area contributed by atoms with Crippen LogP contribution in [0.2, 0.25) is 0 Å². The summed E-state index contributed by atoms with van der Waals surface area (Å²) < 4.78 is 11.3. The Morgan fingerprint density at radius 2 is 1.11 bits per heavy atom. The van der Waals surface area contributed by atoms with Gasteiger partial charge in [0.15, 0.2) is 5.78 Å². The number of carbonyl (C=O) groups excluding carboxylic acids is 3. The van der Waals surface area contributed by atoms with E-state index >= 15 is 0 Å². The normalized spacial score (nSPS) is 11.2. The number of hydrogen-bond donors (Lipinski definition) is 2. The number of ether oxygens (including phenoxy) is 2. The molecule has 0 aliphatic carbocycles. The second-order valence-electron chi connectivity index (χ2n) is 12.2. The second-order valence-corrected chi connectivity index (χ2v) is 12.2. The molecular formula is C39H56O7. The van der Waals surface area contributed by atoms with Crippen molar-refractivity contribution in [3.8, 4) is 23.0 Å².